The summed E-state index contributed by atoms with van der Waals surface area (Å²) in [5.74, 6) is 0. The zero-order chi connectivity index (χ0) is 15.7. The van der Waals surface area contributed by atoms with Gasteiger partial charge in [-0.15, -0.1) is 0 Å². The fraction of sp³-hybridized carbons (Fsp3) is 0.538. The largest absolute Gasteiger partial charge is 0.501 e. The predicted molar refractivity (Wildman–Crippen MR) is 71.6 cm³/mol. The van der Waals surface area contributed by atoms with Crippen LogP contribution in [0.25, 0.3) is 0 Å². The van der Waals surface area contributed by atoms with E-state index in [1.54, 1.807) is 0 Å². The maximum atomic E-state index is 12.4. The van der Waals surface area contributed by atoms with Gasteiger partial charge in [-0.1, -0.05) is 12.8 Å². The second kappa shape index (κ2) is 5.49. The number of alkyl halides is 3. The normalized spacial score (nSPS) is 18.7. The van der Waals surface area contributed by atoms with E-state index in [9.17, 15) is 26.7 Å². The Morgan fingerprint density at radius 3 is 2.14 bits per heavy atom. The third kappa shape index (κ3) is 3.49. The Bertz CT molecular complexity index is 590. The van der Waals surface area contributed by atoms with E-state index in [1.165, 1.54) is 12.1 Å². The van der Waals surface area contributed by atoms with Gasteiger partial charge in [-0.3, -0.25) is 0 Å². The summed E-state index contributed by atoms with van der Waals surface area (Å²) in [5, 5.41) is 13.1. The van der Waals surface area contributed by atoms with Gasteiger partial charge in [0.15, 0.2) is 0 Å². The van der Waals surface area contributed by atoms with Gasteiger partial charge in [-0.25, -0.2) is 8.42 Å². The van der Waals surface area contributed by atoms with E-state index in [2.05, 4.69) is 5.32 Å². The molecule has 21 heavy (non-hydrogen) atoms. The van der Waals surface area contributed by atoms with E-state index >= 15 is 0 Å². The molecule has 1 aliphatic rings. The summed E-state index contributed by atoms with van der Waals surface area (Å²) in [6.45, 7) is 0.290. The van der Waals surface area contributed by atoms with Crippen LogP contribution in [0.15, 0.2) is 29.2 Å². The molecule has 118 valence electrons. The molecule has 0 amide bonds. The summed E-state index contributed by atoms with van der Waals surface area (Å²) in [6.07, 6.45) is 3.25. The highest BCUT2D eigenvalue weighted by Gasteiger charge is 2.46. The van der Waals surface area contributed by atoms with E-state index in [-0.39, 0.29) is 0 Å². The van der Waals surface area contributed by atoms with Crippen LogP contribution >= 0.6 is 0 Å². The SMILES string of the molecule is O=S(=O)(c1ccc(NCC2(O)CCCC2)cc1)C(F)(F)F. The number of aliphatic hydroxyl groups is 1. The Labute approximate surface area is 120 Å². The zero-order valence-electron chi connectivity index (χ0n) is 11.2. The number of rotatable bonds is 4. The minimum Gasteiger partial charge on any atom is -0.388 e. The molecule has 0 atom stereocenters. The van der Waals surface area contributed by atoms with E-state index in [1.807, 2.05) is 0 Å². The van der Waals surface area contributed by atoms with E-state index in [0.717, 1.165) is 25.0 Å². The Morgan fingerprint density at radius 1 is 1.14 bits per heavy atom. The molecule has 1 saturated carbocycles. The van der Waals surface area contributed by atoms with Gasteiger partial charge in [-0.2, -0.15) is 13.2 Å². The molecular weight excluding hydrogens is 307 g/mol. The number of anilines is 1. The van der Waals surface area contributed by atoms with Gasteiger partial charge in [0.25, 0.3) is 9.84 Å². The van der Waals surface area contributed by atoms with Gasteiger partial charge < -0.3 is 10.4 Å². The maximum absolute atomic E-state index is 12.4. The highest BCUT2D eigenvalue weighted by Crippen LogP contribution is 2.32. The van der Waals surface area contributed by atoms with Crippen molar-refractivity contribution in [1.82, 2.24) is 0 Å². The molecule has 0 heterocycles. The van der Waals surface area contributed by atoms with Crippen LogP contribution in [0.1, 0.15) is 25.7 Å². The Kier molecular flexibility index (Phi) is 4.21. The fourth-order valence-electron chi connectivity index (χ4n) is 2.36. The Balaban J connectivity index is 2.06. The molecule has 1 aromatic rings. The Hall–Kier alpha value is -1.28. The molecule has 8 heteroatoms. The van der Waals surface area contributed by atoms with Crippen molar-refractivity contribution >= 4 is 15.5 Å². The summed E-state index contributed by atoms with van der Waals surface area (Å²) in [6, 6.07) is 4.33. The van der Waals surface area contributed by atoms with Crippen LogP contribution in [-0.2, 0) is 9.84 Å². The molecule has 0 radical (unpaired) electrons. The summed E-state index contributed by atoms with van der Waals surface area (Å²) < 4.78 is 59.6. The first-order valence-corrected chi connectivity index (χ1v) is 8.00. The molecular formula is C13H16F3NO3S. The molecule has 4 nitrogen and oxygen atoms in total. The van der Waals surface area contributed by atoms with Crippen LogP contribution < -0.4 is 5.32 Å². The van der Waals surface area contributed by atoms with Gasteiger partial charge in [0.2, 0.25) is 0 Å². The molecule has 0 bridgehead atoms. The van der Waals surface area contributed by atoms with Crippen molar-refractivity contribution < 1.29 is 26.7 Å². The molecule has 1 aromatic carbocycles. The molecule has 2 rings (SSSR count). The highest BCUT2D eigenvalue weighted by molar-refractivity contribution is 7.92. The minimum atomic E-state index is -5.31. The molecule has 0 saturated heterocycles. The fourth-order valence-corrected chi connectivity index (χ4v) is 3.12. The first-order chi connectivity index (χ1) is 9.64. The van der Waals surface area contributed by atoms with Crippen LogP contribution in [0.4, 0.5) is 18.9 Å². The third-order valence-electron chi connectivity index (χ3n) is 3.63. The van der Waals surface area contributed by atoms with Crippen molar-refractivity contribution in [3.8, 4) is 0 Å². The maximum Gasteiger partial charge on any atom is 0.501 e. The van der Waals surface area contributed by atoms with Crippen molar-refractivity contribution in [2.24, 2.45) is 0 Å². The van der Waals surface area contributed by atoms with Gasteiger partial charge in [0.1, 0.15) is 0 Å². The molecule has 0 aliphatic heterocycles. The molecule has 0 unspecified atom stereocenters. The first kappa shape index (κ1) is 16.1. The minimum absolute atomic E-state index is 0.290. The predicted octanol–water partition coefficient (Wildman–Crippen LogP) is 2.70. The topological polar surface area (TPSA) is 66.4 Å². The zero-order valence-corrected chi connectivity index (χ0v) is 12.0. The van der Waals surface area contributed by atoms with Crippen molar-refractivity contribution in [2.45, 2.75) is 41.7 Å². The lowest BCUT2D eigenvalue weighted by Crippen LogP contribution is -2.33. The smallest absolute Gasteiger partial charge is 0.388 e. The van der Waals surface area contributed by atoms with E-state index in [0.29, 0.717) is 25.1 Å². The van der Waals surface area contributed by atoms with Crippen LogP contribution in [0, 0.1) is 0 Å². The number of hydrogen-bond donors (Lipinski definition) is 2. The molecule has 2 N–H and O–H groups in total. The van der Waals surface area contributed by atoms with Crippen LogP contribution in [-0.4, -0.2) is 31.2 Å². The number of hydrogen-bond acceptors (Lipinski definition) is 4. The standard InChI is InChI=1S/C13H16F3NO3S/c14-13(15,16)21(19,20)11-5-3-10(4-6-11)17-9-12(18)7-1-2-8-12/h3-6,17-18H,1-2,7-9H2. The average Bonchev–Trinajstić information content (AvgIpc) is 2.83. The lowest BCUT2D eigenvalue weighted by molar-refractivity contribution is -0.0436. The highest BCUT2D eigenvalue weighted by atomic mass is 32.2. The lowest BCUT2D eigenvalue weighted by atomic mass is 10.0. The van der Waals surface area contributed by atoms with Gasteiger partial charge in [-0.05, 0) is 37.1 Å². The molecule has 0 spiro atoms. The van der Waals surface area contributed by atoms with Crippen LogP contribution in [0.2, 0.25) is 0 Å². The van der Waals surface area contributed by atoms with Gasteiger partial charge in [0, 0.05) is 12.2 Å². The summed E-state index contributed by atoms with van der Waals surface area (Å²) in [4.78, 5) is -0.792. The third-order valence-corrected chi connectivity index (χ3v) is 5.13. The van der Waals surface area contributed by atoms with Crippen molar-refractivity contribution in [3.05, 3.63) is 24.3 Å². The van der Waals surface area contributed by atoms with E-state index in [4.69, 9.17) is 0 Å². The lowest BCUT2D eigenvalue weighted by Gasteiger charge is -2.23. The van der Waals surface area contributed by atoms with Crippen LogP contribution in [0.3, 0.4) is 0 Å². The van der Waals surface area contributed by atoms with E-state index < -0.39 is 25.8 Å². The summed E-state index contributed by atoms with van der Waals surface area (Å²) >= 11 is 0. The first-order valence-electron chi connectivity index (χ1n) is 6.52. The van der Waals surface area contributed by atoms with Gasteiger partial charge >= 0.3 is 5.51 Å². The number of nitrogens with one attached hydrogen (secondary N) is 1. The molecule has 0 aromatic heterocycles. The number of halogens is 3. The monoisotopic (exact) mass is 323 g/mol. The quantitative estimate of drug-likeness (QED) is 0.894. The van der Waals surface area contributed by atoms with Gasteiger partial charge in [0.05, 0.1) is 10.5 Å². The summed E-state index contributed by atoms with van der Waals surface area (Å²) in [5.41, 5.74) is -5.63. The second-order valence-corrected chi connectivity index (χ2v) is 7.20. The number of benzene rings is 1. The number of sulfone groups is 1. The summed E-state index contributed by atoms with van der Waals surface area (Å²) in [7, 11) is -5.31. The second-order valence-electron chi connectivity index (χ2n) is 5.26. The molecule has 1 aliphatic carbocycles. The Morgan fingerprint density at radius 2 is 1.67 bits per heavy atom. The van der Waals surface area contributed by atoms with Crippen molar-refractivity contribution in [1.29, 1.82) is 0 Å². The van der Waals surface area contributed by atoms with Crippen LogP contribution in [0.5, 0.6) is 0 Å². The van der Waals surface area contributed by atoms with Crippen molar-refractivity contribution in [2.75, 3.05) is 11.9 Å². The average molecular weight is 323 g/mol. The molecule has 1 fully saturated rings. The van der Waals surface area contributed by atoms with Crippen molar-refractivity contribution in [3.63, 3.8) is 0 Å².